The highest BCUT2D eigenvalue weighted by molar-refractivity contribution is 7.09. The Morgan fingerprint density at radius 1 is 1.27 bits per heavy atom. The molecule has 22 heavy (non-hydrogen) atoms. The number of nitrogens with zero attached hydrogens (tertiary/aromatic N) is 1. The van der Waals surface area contributed by atoms with Crippen molar-refractivity contribution in [1.82, 2.24) is 10.3 Å². The van der Waals surface area contributed by atoms with Gasteiger partial charge in [-0.15, -0.1) is 11.3 Å². The van der Waals surface area contributed by atoms with Crippen LogP contribution in [-0.2, 0) is 11.2 Å². The molecule has 1 unspecified atom stereocenters. The highest BCUT2D eigenvalue weighted by Gasteiger charge is 2.13. The third kappa shape index (κ3) is 4.45. The number of benzene rings is 1. The van der Waals surface area contributed by atoms with Gasteiger partial charge in [-0.3, -0.25) is 4.79 Å². The second kappa shape index (κ2) is 7.44. The van der Waals surface area contributed by atoms with Crippen molar-refractivity contribution in [3.63, 3.8) is 0 Å². The number of nitrogens with one attached hydrogen (secondary N) is 1. The maximum absolute atomic E-state index is 12.1. The smallest absolute Gasteiger partial charge is 0.226 e. The number of rotatable bonds is 5. The van der Waals surface area contributed by atoms with E-state index in [2.05, 4.69) is 24.1 Å². The van der Waals surface area contributed by atoms with Gasteiger partial charge in [0.2, 0.25) is 5.91 Å². The number of thiazole rings is 1. The van der Waals surface area contributed by atoms with E-state index in [0.29, 0.717) is 16.0 Å². The van der Waals surface area contributed by atoms with Gasteiger partial charge >= 0.3 is 0 Å². The summed E-state index contributed by atoms with van der Waals surface area (Å²) in [5, 5.41) is 6.95. The zero-order valence-electron chi connectivity index (χ0n) is 12.7. The van der Waals surface area contributed by atoms with Crippen LogP contribution >= 0.6 is 34.5 Å². The second-order valence-corrected chi connectivity index (χ2v) is 7.18. The number of carbonyl (C=O) groups excluding carboxylic acids is 1. The fourth-order valence-corrected chi connectivity index (χ4v) is 3.13. The minimum atomic E-state index is -0.134. The zero-order valence-corrected chi connectivity index (χ0v) is 15.0. The summed E-state index contributed by atoms with van der Waals surface area (Å²) < 4.78 is 0. The van der Waals surface area contributed by atoms with Crippen LogP contribution in [0, 0.1) is 0 Å². The van der Waals surface area contributed by atoms with Crippen LogP contribution in [0.2, 0.25) is 10.0 Å². The Kier molecular flexibility index (Phi) is 5.84. The molecule has 1 amide bonds. The van der Waals surface area contributed by atoms with Gasteiger partial charge in [0.05, 0.1) is 33.2 Å². The van der Waals surface area contributed by atoms with Gasteiger partial charge < -0.3 is 5.32 Å². The molecule has 1 aromatic heterocycles. The number of hydrogen-bond donors (Lipinski definition) is 1. The molecule has 0 aliphatic carbocycles. The molecule has 6 heteroatoms. The van der Waals surface area contributed by atoms with Crippen molar-refractivity contribution in [3.8, 4) is 0 Å². The molecule has 1 N–H and O–H groups in total. The predicted molar refractivity (Wildman–Crippen MR) is 92.9 cm³/mol. The number of hydrogen-bond acceptors (Lipinski definition) is 3. The van der Waals surface area contributed by atoms with Crippen molar-refractivity contribution in [2.75, 3.05) is 0 Å². The van der Waals surface area contributed by atoms with Crippen LogP contribution in [0.3, 0.4) is 0 Å². The van der Waals surface area contributed by atoms with Gasteiger partial charge in [0.15, 0.2) is 0 Å². The molecule has 0 fully saturated rings. The van der Waals surface area contributed by atoms with Crippen molar-refractivity contribution < 1.29 is 4.79 Å². The topological polar surface area (TPSA) is 42.0 Å². The van der Waals surface area contributed by atoms with Crippen LogP contribution in [0.1, 0.15) is 49.0 Å². The van der Waals surface area contributed by atoms with E-state index in [0.717, 1.165) is 16.3 Å². The third-order valence-electron chi connectivity index (χ3n) is 3.23. The van der Waals surface area contributed by atoms with Crippen molar-refractivity contribution in [2.24, 2.45) is 0 Å². The molecule has 0 saturated heterocycles. The van der Waals surface area contributed by atoms with Crippen LogP contribution < -0.4 is 5.32 Å². The number of aromatic nitrogens is 1. The van der Waals surface area contributed by atoms with E-state index in [-0.39, 0.29) is 18.4 Å². The second-order valence-electron chi connectivity index (χ2n) is 5.47. The van der Waals surface area contributed by atoms with Crippen molar-refractivity contribution in [3.05, 3.63) is 49.9 Å². The first kappa shape index (κ1) is 17.3. The SMILES string of the molecule is CC(C)c1nc(CC(=O)NC(C)c2ccc(Cl)c(Cl)c2)cs1. The lowest BCUT2D eigenvalue weighted by molar-refractivity contribution is -0.121. The molecule has 1 atom stereocenters. The Balaban J connectivity index is 1.97. The van der Waals surface area contributed by atoms with E-state index >= 15 is 0 Å². The van der Waals surface area contributed by atoms with Gasteiger partial charge in [0.1, 0.15) is 0 Å². The van der Waals surface area contributed by atoms with Crippen molar-refractivity contribution in [2.45, 2.75) is 39.2 Å². The van der Waals surface area contributed by atoms with Crippen LogP contribution in [-0.4, -0.2) is 10.9 Å². The lowest BCUT2D eigenvalue weighted by Crippen LogP contribution is -2.28. The molecule has 2 aromatic rings. The molecule has 0 aliphatic heterocycles. The Morgan fingerprint density at radius 3 is 2.59 bits per heavy atom. The molecule has 0 saturated carbocycles. The van der Waals surface area contributed by atoms with Crippen LogP contribution in [0.4, 0.5) is 0 Å². The molecule has 1 heterocycles. The fraction of sp³-hybridized carbons (Fsp3) is 0.375. The quantitative estimate of drug-likeness (QED) is 0.819. The number of amides is 1. The minimum absolute atomic E-state index is 0.0563. The summed E-state index contributed by atoms with van der Waals surface area (Å²) >= 11 is 13.5. The van der Waals surface area contributed by atoms with Gasteiger partial charge in [0, 0.05) is 11.3 Å². The molecule has 0 radical (unpaired) electrons. The Hall–Kier alpha value is -1.10. The monoisotopic (exact) mass is 356 g/mol. The van der Waals surface area contributed by atoms with Gasteiger partial charge in [-0.25, -0.2) is 4.98 Å². The minimum Gasteiger partial charge on any atom is -0.349 e. The highest BCUT2D eigenvalue weighted by atomic mass is 35.5. The van der Waals surface area contributed by atoms with E-state index in [1.54, 1.807) is 23.5 Å². The first-order valence-corrected chi connectivity index (χ1v) is 8.69. The summed E-state index contributed by atoms with van der Waals surface area (Å²) in [5.74, 6) is 0.330. The van der Waals surface area contributed by atoms with Gasteiger partial charge in [-0.05, 0) is 24.6 Å². The van der Waals surface area contributed by atoms with Crippen LogP contribution in [0.15, 0.2) is 23.6 Å². The Labute approximate surface area is 144 Å². The Bertz CT molecular complexity index is 670. The summed E-state index contributed by atoms with van der Waals surface area (Å²) in [6, 6.07) is 5.23. The van der Waals surface area contributed by atoms with E-state index < -0.39 is 0 Å². The standard InChI is InChI=1S/C16H18Cl2N2OS/c1-9(2)16-20-12(8-22-16)7-15(21)19-10(3)11-4-5-13(17)14(18)6-11/h4-6,8-10H,7H2,1-3H3,(H,19,21). The summed E-state index contributed by atoms with van der Waals surface area (Å²) in [7, 11) is 0. The summed E-state index contributed by atoms with van der Waals surface area (Å²) in [5.41, 5.74) is 1.73. The van der Waals surface area contributed by atoms with Gasteiger partial charge in [0.25, 0.3) is 0 Å². The average Bonchev–Trinajstić information content (AvgIpc) is 2.90. The molecule has 118 valence electrons. The Morgan fingerprint density at radius 2 is 2.00 bits per heavy atom. The van der Waals surface area contributed by atoms with E-state index in [4.69, 9.17) is 23.2 Å². The number of carbonyl (C=O) groups is 1. The van der Waals surface area contributed by atoms with E-state index in [1.165, 1.54) is 0 Å². The molecule has 0 aliphatic rings. The molecule has 0 spiro atoms. The third-order valence-corrected chi connectivity index (χ3v) is 5.16. The summed E-state index contributed by atoms with van der Waals surface area (Å²) in [6.45, 7) is 6.10. The molecule has 2 rings (SSSR count). The van der Waals surface area contributed by atoms with Crippen LogP contribution in [0.25, 0.3) is 0 Å². The van der Waals surface area contributed by atoms with Crippen molar-refractivity contribution in [1.29, 1.82) is 0 Å². The summed E-state index contributed by atoms with van der Waals surface area (Å²) in [4.78, 5) is 16.6. The van der Waals surface area contributed by atoms with E-state index in [9.17, 15) is 4.79 Å². The first-order chi connectivity index (χ1) is 10.4. The maximum atomic E-state index is 12.1. The molecular formula is C16H18Cl2N2OS. The lowest BCUT2D eigenvalue weighted by Gasteiger charge is -2.14. The largest absolute Gasteiger partial charge is 0.349 e. The van der Waals surface area contributed by atoms with Gasteiger partial charge in [-0.2, -0.15) is 0 Å². The lowest BCUT2D eigenvalue weighted by atomic mass is 10.1. The molecular weight excluding hydrogens is 339 g/mol. The van der Waals surface area contributed by atoms with Crippen LogP contribution in [0.5, 0.6) is 0 Å². The maximum Gasteiger partial charge on any atom is 0.226 e. The van der Waals surface area contributed by atoms with Gasteiger partial charge in [-0.1, -0.05) is 43.1 Å². The van der Waals surface area contributed by atoms with E-state index in [1.807, 2.05) is 18.4 Å². The molecule has 1 aromatic carbocycles. The average molecular weight is 357 g/mol. The van der Waals surface area contributed by atoms with Crippen molar-refractivity contribution >= 4 is 40.4 Å². The summed E-state index contributed by atoms with van der Waals surface area (Å²) in [6.07, 6.45) is 0.287. The fourth-order valence-electron chi connectivity index (χ4n) is 1.99. The molecule has 0 bridgehead atoms. The normalized spacial score (nSPS) is 12.5. The predicted octanol–water partition coefficient (Wildman–Crippen LogP) is 4.99. The molecule has 3 nitrogen and oxygen atoms in total. The number of halogens is 2. The first-order valence-electron chi connectivity index (χ1n) is 7.05. The zero-order chi connectivity index (χ0) is 16.3. The highest BCUT2D eigenvalue weighted by Crippen LogP contribution is 2.25.